The molecule has 0 unspecified atom stereocenters. The number of phenolic OH excluding ortho intramolecular Hbond substituents is 1. The normalized spacial score (nSPS) is 10.4. The summed E-state index contributed by atoms with van der Waals surface area (Å²) in [7, 11) is 1.54. The molecule has 0 aliphatic heterocycles. The van der Waals surface area contributed by atoms with Crippen LogP contribution in [-0.4, -0.2) is 35.4 Å². The van der Waals surface area contributed by atoms with Crippen molar-refractivity contribution in [3.05, 3.63) is 58.1 Å². The van der Waals surface area contributed by atoms with E-state index in [1.54, 1.807) is 32.2 Å². The van der Waals surface area contributed by atoms with Crippen molar-refractivity contribution < 1.29 is 14.7 Å². The summed E-state index contributed by atoms with van der Waals surface area (Å²) >= 11 is 0. The molecule has 0 saturated heterocycles. The number of aromatic hydroxyl groups is 1. The van der Waals surface area contributed by atoms with Crippen LogP contribution in [0.2, 0.25) is 0 Å². The van der Waals surface area contributed by atoms with Gasteiger partial charge in [-0.05, 0) is 50.5 Å². The van der Waals surface area contributed by atoms with E-state index in [0.29, 0.717) is 5.56 Å². The molecule has 2 rings (SSSR count). The van der Waals surface area contributed by atoms with Crippen LogP contribution in [0.15, 0.2) is 30.3 Å². The number of carbonyl (C=O) groups is 2. The molecule has 2 N–H and O–H groups in total. The van der Waals surface area contributed by atoms with Crippen molar-refractivity contribution in [2.45, 2.75) is 27.7 Å². The van der Waals surface area contributed by atoms with E-state index >= 15 is 0 Å². The number of aryl methyl sites for hydroxylation is 4. The van der Waals surface area contributed by atoms with Crippen molar-refractivity contribution in [1.82, 2.24) is 4.90 Å². The number of hydrogen-bond donors (Lipinski definition) is 2. The zero-order valence-corrected chi connectivity index (χ0v) is 15.3. The van der Waals surface area contributed by atoms with E-state index in [9.17, 15) is 14.7 Å². The Balaban J connectivity index is 2.10. The summed E-state index contributed by atoms with van der Waals surface area (Å²) in [6, 6.07) is 8.98. The molecule has 0 atom stereocenters. The molecule has 0 saturated carbocycles. The lowest BCUT2D eigenvalue weighted by atomic mass is 10.1. The second-order valence-corrected chi connectivity index (χ2v) is 6.45. The number of benzene rings is 2. The van der Waals surface area contributed by atoms with Crippen molar-refractivity contribution in [3.63, 3.8) is 0 Å². The summed E-state index contributed by atoms with van der Waals surface area (Å²) in [5.74, 6) is -0.725. The van der Waals surface area contributed by atoms with E-state index in [0.717, 1.165) is 22.4 Å². The van der Waals surface area contributed by atoms with Gasteiger partial charge in [-0.3, -0.25) is 9.59 Å². The standard InChI is InChI=1S/C20H24N2O3/c1-12-9-14(3)18(15(4)10-12)21-17(23)11-22(5)20(25)16-8-6-7-13(2)19(16)24/h6-10,24H,11H2,1-5H3,(H,21,23). The van der Waals surface area contributed by atoms with Crippen molar-refractivity contribution in [2.24, 2.45) is 0 Å². The van der Waals surface area contributed by atoms with Crippen LogP contribution < -0.4 is 5.32 Å². The van der Waals surface area contributed by atoms with Gasteiger partial charge in [0, 0.05) is 12.7 Å². The molecule has 2 amide bonds. The summed E-state index contributed by atoms with van der Waals surface area (Å²) < 4.78 is 0. The predicted octanol–water partition coefficient (Wildman–Crippen LogP) is 3.34. The van der Waals surface area contributed by atoms with Gasteiger partial charge in [0.05, 0.1) is 12.1 Å². The molecule has 0 aliphatic carbocycles. The number of para-hydroxylation sites is 1. The fourth-order valence-electron chi connectivity index (χ4n) is 2.88. The maximum atomic E-state index is 12.5. The summed E-state index contributed by atoms with van der Waals surface area (Å²) in [5, 5.41) is 12.9. The highest BCUT2D eigenvalue weighted by Gasteiger charge is 2.19. The molecule has 0 aromatic heterocycles. The van der Waals surface area contributed by atoms with Crippen LogP contribution in [0.3, 0.4) is 0 Å². The second kappa shape index (κ2) is 7.38. The fourth-order valence-corrected chi connectivity index (χ4v) is 2.88. The molecule has 0 fully saturated rings. The van der Waals surface area contributed by atoms with Crippen LogP contribution in [0.4, 0.5) is 5.69 Å². The van der Waals surface area contributed by atoms with Crippen molar-refractivity contribution in [1.29, 1.82) is 0 Å². The zero-order chi connectivity index (χ0) is 18.7. The molecular weight excluding hydrogens is 316 g/mol. The predicted molar refractivity (Wildman–Crippen MR) is 99.1 cm³/mol. The highest BCUT2D eigenvalue weighted by atomic mass is 16.3. The molecule has 0 radical (unpaired) electrons. The van der Waals surface area contributed by atoms with Gasteiger partial charge in [-0.2, -0.15) is 0 Å². The topological polar surface area (TPSA) is 69.6 Å². The average molecular weight is 340 g/mol. The molecule has 0 spiro atoms. The third-order valence-corrected chi connectivity index (χ3v) is 4.14. The van der Waals surface area contributed by atoms with Gasteiger partial charge in [-0.25, -0.2) is 0 Å². The summed E-state index contributed by atoms with van der Waals surface area (Å²) in [5.41, 5.74) is 4.69. The maximum absolute atomic E-state index is 12.5. The van der Waals surface area contributed by atoms with Gasteiger partial charge in [0.15, 0.2) is 0 Å². The van der Waals surface area contributed by atoms with Gasteiger partial charge in [-0.1, -0.05) is 29.8 Å². The quantitative estimate of drug-likeness (QED) is 0.897. The van der Waals surface area contributed by atoms with Gasteiger partial charge < -0.3 is 15.3 Å². The summed E-state index contributed by atoms with van der Waals surface area (Å²) in [6.45, 7) is 7.51. The van der Waals surface area contributed by atoms with Gasteiger partial charge in [0.1, 0.15) is 5.75 Å². The minimum atomic E-state index is -0.395. The van der Waals surface area contributed by atoms with Crippen LogP contribution in [0.5, 0.6) is 5.75 Å². The Labute approximate surface area is 148 Å². The maximum Gasteiger partial charge on any atom is 0.257 e. The van der Waals surface area contributed by atoms with Crippen molar-refractivity contribution in [3.8, 4) is 5.75 Å². The largest absolute Gasteiger partial charge is 0.507 e. The SMILES string of the molecule is Cc1cc(C)c(NC(=O)CN(C)C(=O)c2cccc(C)c2O)c(C)c1. The Morgan fingerprint density at radius 3 is 2.24 bits per heavy atom. The molecule has 2 aromatic rings. The van der Waals surface area contributed by atoms with E-state index in [4.69, 9.17) is 0 Å². The molecule has 132 valence electrons. The fraction of sp³-hybridized carbons (Fsp3) is 0.300. The van der Waals surface area contributed by atoms with Crippen LogP contribution in [0.1, 0.15) is 32.6 Å². The number of likely N-dealkylation sites (N-methyl/N-ethyl adjacent to an activating group) is 1. The van der Waals surface area contributed by atoms with E-state index in [2.05, 4.69) is 5.32 Å². The smallest absolute Gasteiger partial charge is 0.257 e. The number of rotatable bonds is 4. The van der Waals surface area contributed by atoms with E-state index in [1.165, 1.54) is 4.90 Å². The third-order valence-electron chi connectivity index (χ3n) is 4.14. The first-order valence-corrected chi connectivity index (χ1v) is 8.12. The molecule has 0 aliphatic rings. The first kappa shape index (κ1) is 18.5. The minimum absolute atomic E-state index is 0.0509. The van der Waals surface area contributed by atoms with Gasteiger partial charge in [0.2, 0.25) is 5.91 Å². The number of amides is 2. The van der Waals surface area contributed by atoms with E-state index in [1.807, 2.05) is 32.9 Å². The minimum Gasteiger partial charge on any atom is -0.507 e. The Kier molecular flexibility index (Phi) is 5.47. The molecule has 0 bridgehead atoms. The number of carbonyl (C=O) groups excluding carboxylic acids is 2. The van der Waals surface area contributed by atoms with Crippen molar-refractivity contribution in [2.75, 3.05) is 18.9 Å². The number of nitrogens with one attached hydrogen (secondary N) is 1. The first-order valence-electron chi connectivity index (χ1n) is 8.12. The Morgan fingerprint density at radius 1 is 1.04 bits per heavy atom. The number of hydrogen-bond acceptors (Lipinski definition) is 3. The Hall–Kier alpha value is -2.82. The lowest BCUT2D eigenvalue weighted by molar-refractivity contribution is -0.116. The Bertz CT molecular complexity index is 805. The zero-order valence-electron chi connectivity index (χ0n) is 15.3. The first-order chi connectivity index (χ1) is 11.7. The molecular formula is C20H24N2O3. The molecule has 25 heavy (non-hydrogen) atoms. The summed E-state index contributed by atoms with van der Waals surface area (Å²) in [6.07, 6.45) is 0. The molecule has 5 heteroatoms. The number of nitrogens with zero attached hydrogens (tertiary/aromatic N) is 1. The number of phenols is 1. The van der Waals surface area contributed by atoms with Crippen molar-refractivity contribution >= 4 is 17.5 Å². The molecule has 2 aromatic carbocycles. The monoisotopic (exact) mass is 340 g/mol. The second-order valence-electron chi connectivity index (χ2n) is 6.45. The number of anilines is 1. The highest BCUT2D eigenvalue weighted by Crippen LogP contribution is 2.23. The van der Waals surface area contributed by atoms with Crippen LogP contribution in [0.25, 0.3) is 0 Å². The van der Waals surface area contributed by atoms with Crippen LogP contribution >= 0.6 is 0 Å². The highest BCUT2D eigenvalue weighted by molar-refractivity contribution is 6.01. The Morgan fingerprint density at radius 2 is 1.64 bits per heavy atom. The lowest BCUT2D eigenvalue weighted by Gasteiger charge is -2.19. The van der Waals surface area contributed by atoms with Crippen LogP contribution in [0, 0.1) is 27.7 Å². The molecule has 5 nitrogen and oxygen atoms in total. The summed E-state index contributed by atoms with van der Waals surface area (Å²) in [4.78, 5) is 26.1. The van der Waals surface area contributed by atoms with Gasteiger partial charge in [0.25, 0.3) is 5.91 Å². The van der Waals surface area contributed by atoms with Gasteiger partial charge >= 0.3 is 0 Å². The van der Waals surface area contributed by atoms with Gasteiger partial charge in [-0.15, -0.1) is 0 Å². The third kappa shape index (κ3) is 4.18. The van der Waals surface area contributed by atoms with Crippen LogP contribution in [-0.2, 0) is 4.79 Å². The lowest BCUT2D eigenvalue weighted by Crippen LogP contribution is -2.35. The average Bonchev–Trinajstić information content (AvgIpc) is 2.52. The van der Waals surface area contributed by atoms with E-state index < -0.39 is 5.91 Å². The molecule has 0 heterocycles. The van der Waals surface area contributed by atoms with E-state index in [-0.39, 0.29) is 23.8 Å².